The molecule has 1 rings (SSSR count). The van der Waals surface area contributed by atoms with Crippen molar-refractivity contribution in [3.63, 3.8) is 0 Å². The summed E-state index contributed by atoms with van der Waals surface area (Å²) in [6.45, 7) is 13.1. The Morgan fingerprint density at radius 3 is 2.16 bits per heavy atom. The molecule has 1 N–H and O–H groups in total. The normalized spacial score (nSPS) is 13.0. The molecule has 1 aromatic carbocycles. The van der Waals surface area contributed by atoms with Crippen LogP contribution in [0.2, 0.25) is 0 Å². The monoisotopic (exact) mass is 263 g/mol. The van der Waals surface area contributed by atoms with Crippen LogP contribution < -0.4 is 10.1 Å². The molecular formula is C17H29NO. The molecule has 0 aromatic heterocycles. The summed E-state index contributed by atoms with van der Waals surface area (Å²) < 4.78 is 5.66. The predicted octanol–water partition coefficient (Wildman–Crippen LogP) is 4.21. The second kappa shape index (κ2) is 8.21. The van der Waals surface area contributed by atoms with Crippen LogP contribution >= 0.6 is 0 Å². The molecular weight excluding hydrogens is 234 g/mol. The second-order valence-corrected chi connectivity index (χ2v) is 6.02. The summed E-state index contributed by atoms with van der Waals surface area (Å²) in [5.74, 6) is 2.28. The van der Waals surface area contributed by atoms with Crippen molar-refractivity contribution in [1.29, 1.82) is 0 Å². The fourth-order valence-electron chi connectivity index (χ4n) is 2.02. The third kappa shape index (κ3) is 6.63. The van der Waals surface area contributed by atoms with Crippen molar-refractivity contribution in [2.45, 2.75) is 53.1 Å². The lowest BCUT2D eigenvalue weighted by atomic mass is 9.98. The minimum absolute atomic E-state index is 0.239. The van der Waals surface area contributed by atoms with Crippen LogP contribution in [0.1, 0.15) is 52.5 Å². The van der Waals surface area contributed by atoms with Gasteiger partial charge in [-0.2, -0.15) is 0 Å². The minimum atomic E-state index is 0.239. The van der Waals surface area contributed by atoms with Gasteiger partial charge < -0.3 is 10.1 Å². The lowest BCUT2D eigenvalue weighted by molar-refractivity contribution is 0.242. The first-order chi connectivity index (χ1) is 8.99. The first-order valence-electron chi connectivity index (χ1n) is 7.46. The molecule has 2 heteroatoms. The van der Waals surface area contributed by atoms with E-state index in [9.17, 15) is 0 Å². The van der Waals surface area contributed by atoms with Gasteiger partial charge in [-0.25, -0.2) is 0 Å². The summed E-state index contributed by atoms with van der Waals surface area (Å²) in [7, 11) is 0. The fraction of sp³-hybridized carbons (Fsp3) is 0.647. The molecule has 0 aliphatic heterocycles. The van der Waals surface area contributed by atoms with E-state index < -0.39 is 0 Å². The van der Waals surface area contributed by atoms with E-state index in [1.165, 1.54) is 12.0 Å². The number of ether oxygens (including phenoxy) is 1. The molecule has 1 atom stereocenters. The maximum absolute atomic E-state index is 5.66. The van der Waals surface area contributed by atoms with E-state index in [1.807, 2.05) is 0 Å². The highest BCUT2D eigenvalue weighted by molar-refractivity contribution is 5.29. The van der Waals surface area contributed by atoms with E-state index in [0.717, 1.165) is 24.8 Å². The third-order valence-corrected chi connectivity index (χ3v) is 3.13. The predicted molar refractivity (Wildman–Crippen MR) is 82.9 cm³/mol. The summed E-state index contributed by atoms with van der Waals surface area (Å²) in [5, 5.41) is 3.50. The molecule has 0 bridgehead atoms. The number of benzene rings is 1. The Labute approximate surface area is 118 Å². The van der Waals surface area contributed by atoms with Crippen LogP contribution in [0.4, 0.5) is 0 Å². The number of nitrogens with one attached hydrogen (secondary N) is 1. The Bertz CT molecular complexity index is 343. The van der Waals surface area contributed by atoms with Gasteiger partial charge in [-0.1, -0.05) is 32.9 Å². The molecule has 0 aliphatic carbocycles. The summed E-state index contributed by atoms with van der Waals surface area (Å²) >= 11 is 0. The van der Waals surface area contributed by atoms with Crippen LogP contribution in [0.3, 0.4) is 0 Å². The zero-order valence-electron chi connectivity index (χ0n) is 13.1. The van der Waals surface area contributed by atoms with Gasteiger partial charge in [0.05, 0.1) is 6.10 Å². The Hall–Kier alpha value is -1.02. The van der Waals surface area contributed by atoms with Crippen molar-refractivity contribution in [2.24, 2.45) is 5.92 Å². The van der Waals surface area contributed by atoms with Crippen LogP contribution in [-0.2, 0) is 0 Å². The fourth-order valence-corrected chi connectivity index (χ4v) is 2.02. The van der Waals surface area contributed by atoms with E-state index in [4.69, 9.17) is 4.74 Å². The Balaban J connectivity index is 2.37. The van der Waals surface area contributed by atoms with Gasteiger partial charge in [0.25, 0.3) is 0 Å². The first-order valence-corrected chi connectivity index (χ1v) is 7.46. The van der Waals surface area contributed by atoms with Crippen LogP contribution in [0.25, 0.3) is 0 Å². The van der Waals surface area contributed by atoms with Crippen molar-refractivity contribution < 1.29 is 4.74 Å². The molecule has 19 heavy (non-hydrogen) atoms. The lowest BCUT2D eigenvalue weighted by Gasteiger charge is -2.15. The molecule has 2 nitrogen and oxygen atoms in total. The smallest absolute Gasteiger partial charge is 0.119 e. The van der Waals surface area contributed by atoms with Crippen molar-refractivity contribution >= 4 is 0 Å². The lowest BCUT2D eigenvalue weighted by Crippen LogP contribution is -2.21. The quantitative estimate of drug-likeness (QED) is 0.709. The topological polar surface area (TPSA) is 21.3 Å². The zero-order valence-corrected chi connectivity index (χ0v) is 13.1. The molecule has 0 heterocycles. The summed E-state index contributed by atoms with van der Waals surface area (Å²) in [6, 6.07) is 8.52. The standard InChI is InChI=1S/C17H29NO/c1-13(2)12-18-11-10-15(5)16-6-8-17(9-7-16)19-14(3)4/h6-9,13-15,18H,10-12H2,1-5H3. The zero-order chi connectivity index (χ0) is 14.3. The summed E-state index contributed by atoms with van der Waals surface area (Å²) in [6.07, 6.45) is 1.42. The van der Waals surface area contributed by atoms with Crippen molar-refractivity contribution in [3.8, 4) is 5.75 Å². The van der Waals surface area contributed by atoms with E-state index in [1.54, 1.807) is 0 Å². The Morgan fingerprint density at radius 1 is 1.00 bits per heavy atom. The average molecular weight is 263 g/mol. The van der Waals surface area contributed by atoms with Gasteiger partial charge in [0, 0.05) is 0 Å². The highest BCUT2D eigenvalue weighted by Crippen LogP contribution is 2.22. The largest absolute Gasteiger partial charge is 0.491 e. The van der Waals surface area contributed by atoms with E-state index in [2.05, 4.69) is 64.2 Å². The maximum Gasteiger partial charge on any atom is 0.119 e. The molecule has 0 saturated carbocycles. The van der Waals surface area contributed by atoms with Gasteiger partial charge in [0.1, 0.15) is 5.75 Å². The van der Waals surface area contributed by atoms with Gasteiger partial charge in [-0.3, -0.25) is 0 Å². The van der Waals surface area contributed by atoms with Gasteiger partial charge >= 0.3 is 0 Å². The van der Waals surface area contributed by atoms with Crippen molar-refractivity contribution in [3.05, 3.63) is 29.8 Å². The molecule has 0 fully saturated rings. The van der Waals surface area contributed by atoms with Crippen LogP contribution in [-0.4, -0.2) is 19.2 Å². The van der Waals surface area contributed by atoms with Gasteiger partial charge in [-0.05, 0) is 62.9 Å². The van der Waals surface area contributed by atoms with Crippen LogP contribution in [0.5, 0.6) is 5.75 Å². The molecule has 0 radical (unpaired) electrons. The maximum atomic E-state index is 5.66. The molecule has 0 aliphatic rings. The van der Waals surface area contributed by atoms with E-state index in [-0.39, 0.29) is 6.10 Å². The van der Waals surface area contributed by atoms with Gasteiger partial charge in [0.2, 0.25) is 0 Å². The minimum Gasteiger partial charge on any atom is -0.491 e. The van der Waals surface area contributed by atoms with Gasteiger partial charge in [-0.15, -0.1) is 0 Å². The second-order valence-electron chi connectivity index (χ2n) is 6.02. The van der Waals surface area contributed by atoms with Crippen molar-refractivity contribution in [1.82, 2.24) is 5.32 Å². The number of hydrogen-bond donors (Lipinski definition) is 1. The highest BCUT2D eigenvalue weighted by atomic mass is 16.5. The number of rotatable bonds is 8. The van der Waals surface area contributed by atoms with E-state index >= 15 is 0 Å². The third-order valence-electron chi connectivity index (χ3n) is 3.13. The Morgan fingerprint density at radius 2 is 1.63 bits per heavy atom. The molecule has 0 saturated heterocycles. The molecule has 1 aromatic rings. The Kier molecular flexibility index (Phi) is 6.93. The first kappa shape index (κ1) is 16.0. The van der Waals surface area contributed by atoms with E-state index in [0.29, 0.717) is 5.92 Å². The molecule has 0 amide bonds. The van der Waals surface area contributed by atoms with Crippen LogP contribution in [0.15, 0.2) is 24.3 Å². The molecule has 1 unspecified atom stereocenters. The highest BCUT2D eigenvalue weighted by Gasteiger charge is 2.06. The molecule has 108 valence electrons. The summed E-state index contributed by atoms with van der Waals surface area (Å²) in [5.41, 5.74) is 1.39. The summed E-state index contributed by atoms with van der Waals surface area (Å²) in [4.78, 5) is 0. The van der Waals surface area contributed by atoms with Crippen molar-refractivity contribution in [2.75, 3.05) is 13.1 Å². The van der Waals surface area contributed by atoms with Gasteiger partial charge in [0.15, 0.2) is 0 Å². The molecule has 0 spiro atoms. The van der Waals surface area contributed by atoms with Crippen LogP contribution in [0, 0.1) is 5.92 Å². The number of hydrogen-bond acceptors (Lipinski definition) is 2. The average Bonchev–Trinajstić information content (AvgIpc) is 2.34. The SMILES string of the molecule is CC(C)CNCCC(C)c1ccc(OC(C)C)cc1.